The zero-order valence-corrected chi connectivity index (χ0v) is 11.3. The summed E-state index contributed by atoms with van der Waals surface area (Å²) < 4.78 is 0. The summed E-state index contributed by atoms with van der Waals surface area (Å²) in [6.45, 7) is 4.40. The predicted molar refractivity (Wildman–Crippen MR) is 79.4 cm³/mol. The van der Waals surface area contributed by atoms with Crippen LogP contribution in [0.2, 0.25) is 0 Å². The maximum absolute atomic E-state index is 4.40. The molecule has 3 heteroatoms. The van der Waals surface area contributed by atoms with Gasteiger partial charge >= 0.3 is 0 Å². The Balaban J connectivity index is 1.84. The smallest absolute Gasteiger partial charge is 0.0559 e. The van der Waals surface area contributed by atoms with Crippen molar-refractivity contribution >= 4 is 5.69 Å². The van der Waals surface area contributed by atoms with E-state index in [0.717, 1.165) is 26.2 Å². The summed E-state index contributed by atoms with van der Waals surface area (Å²) in [7, 11) is 2.18. The van der Waals surface area contributed by atoms with Gasteiger partial charge in [0.1, 0.15) is 0 Å². The second-order valence-electron chi connectivity index (χ2n) is 5.09. The molecule has 0 atom stereocenters. The van der Waals surface area contributed by atoms with Gasteiger partial charge in [-0.05, 0) is 18.7 Å². The number of piperazine rings is 1. The number of likely N-dealkylation sites (N-methyl/N-ethyl adjacent to an activating group) is 1. The van der Waals surface area contributed by atoms with E-state index in [2.05, 4.69) is 52.2 Å². The molecule has 3 nitrogen and oxygen atoms in total. The van der Waals surface area contributed by atoms with Gasteiger partial charge in [0.15, 0.2) is 0 Å². The summed E-state index contributed by atoms with van der Waals surface area (Å²) >= 11 is 0. The Hall–Kier alpha value is -1.87. The molecule has 0 bridgehead atoms. The Morgan fingerprint density at radius 2 is 1.63 bits per heavy atom. The van der Waals surface area contributed by atoms with E-state index in [-0.39, 0.29) is 0 Å². The van der Waals surface area contributed by atoms with Gasteiger partial charge in [-0.3, -0.25) is 4.98 Å². The molecule has 0 unspecified atom stereocenters. The van der Waals surface area contributed by atoms with E-state index in [1.807, 2.05) is 18.5 Å². The van der Waals surface area contributed by atoms with E-state index in [4.69, 9.17) is 0 Å². The van der Waals surface area contributed by atoms with Gasteiger partial charge in [-0.25, -0.2) is 0 Å². The van der Waals surface area contributed by atoms with Crippen LogP contribution < -0.4 is 4.90 Å². The van der Waals surface area contributed by atoms with E-state index in [1.54, 1.807) is 0 Å². The Morgan fingerprint density at radius 1 is 0.895 bits per heavy atom. The SMILES string of the molecule is CN1CCN(c2cncc(-c3ccccc3)c2)CC1. The number of benzene rings is 1. The van der Waals surface area contributed by atoms with E-state index in [9.17, 15) is 0 Å². The maximum atomic E-state index is 4.40. The summed E-state index contributed by atoms with van der Waals surface area (Å²) in [5, 5.41) is 0. The lowest BCUT2D eigenvalue weighted by atomic mass is 10.1. The molecule has 1 fully saturated rings. The molecule has 1 aliphatic rings. The van der Waals surface area contributed by atoms with Gasteiger partial charge in [0.25, 0.3) is 0 Å². The molecule has 98 valence electrons. The van der Waals surface area contributed by atoms with E-state index in [1.165, 1.54) is 16.8 Å². The summed E-state index contributed by atoms with van der Waals surface area (Å²) in [6, 6.07) is 12.7. The number of rotatable bonds is 2. The fourth-order valence-corrected chi connectivity index (χ4v) is 2.45. The minimum atomic E-state index is 1.08. The van der Waals surface area contributed by atoms with Crippen LogP contribution in [0.5, 0.6) is 0 Å². The third kappa shape index (κ3) is 2.76. The van der Waals surface area contributed by atoms with Crippen LogP contribution >= 0.6 is 0 Å². The molecule has 0 saturated carbocycles. The molecule has 1 aromatic carbocycles. The van der Waals surface area contributed by atoms with Crippen LogP contribution in [0.4, 0.5) is 5.69 Å². The molecule has 2 heterocycles. The molecule has 0 amide bonds. The lowest BCUT2D eigenvalue weighted by Crippen LogP contribution is -2.44. The monoisotopic (exact) mass is 253 g/mol. The molecular formula is C16H19N3. The second kappa shape index (κ2) is 5.41. The molecule has 3 rings (SSSR count). The predicted octanol–water partition coefficient (Wildman–Crippen LogP) is 2.50. The van der Waals surface area contributed by atoms with Crippen molar-refractivity contribution in [1.29, 1.82) is 0 Å². The number of hydrogen-bond acceptors (Lipinski definition) is 3. The Kier molecular flexibility index (Phi) is 3.47. The van der Waals surface area contributed by atoms with Crippen LogP contribution in [-0.2, 0) is 0 Å². The van der Waals surface area contributed by atoms with Gasteiger partial charge in [-0.2, -0.15) is 0 Å². The molecule has 0 radical (unpaired) electrons. The van der Waals surface area contributed by atoms with Crippen molar-refractivity contribution in [3.05, 3.63) is 48.8 Å². The summed E-state index contributed by atoms with van der Waals surface area (Å²) in [4.78, 5) is 9.18. The highest BCUT2D eigenvalue weighted by molar-refractivity contribution is 5.67. The number of nitrogens with zero attached hydrogens (tertiary/aromatic N) is 3. The Morgan fingerprint density at radius 3 is 2.37 bits per heavy atom. The third-order valence-electron chi connectivity index (χ3n) is 3.70. The highest BCUT2D eigenvalue weighted by atomic mass is 15.2. The van der Waals surface area contributed by atoms with E-state index in [0.29, 0.717) is 0 Å². The number of hydrogen-bond donors (Lipinski definition) is 0. The largest absolute Gasteiger partial charge is 0.368 e. The van der Waals surface area contributed by atoms with Crippen molar-refractivity contribution < 1.29 is 0 Å². The van der Waals surface area contributed by atoms with Gasteiger partial charge in [0.2, 0.25) is 0 Å². The van der Waals surface area contributed by atoms with Crippen molar-refractivity contribution in [3.8, 4) is 11.1 Å². The number of pyridine rings is 1. The minimum absolute atomic E-state index is 1.08. The first-order chi connectivity index (χ1) is 9.33. The van der Waals surface area contributed by atoms with Crippen molar-refractivity contribution in [2.24, 2.45) is 0 Å². The van der Waals surface area contributed by atoms with Crippen LogP contribution in [0, 0.1) is 0 Å². The topological polar surface area (TPSA) is 19.4 Å². The lowest BCUT2D eigenvalue weighted by Gasteiger charge is -2.34. The van der Waals surface area contributed by atoms with Gasteiger partial charge in [0.05, 0.1) is 11.9 Å². The molecule has 2 aromatic rings. The molecular weight excluding hydrogens is 234 g/mol. The highest BCUT2D eigenvalue weighted by Crippen LogP contribution is 2.23. The van der Waals surface area contributed by atoms with Gasteiger partial charge in [-0.1, -0.05) is 30.3 Å². The van der Waals surface area contributed by atoms with Gasteiger partial charge in [-0.15, -0.1) is 0 Å². The third-order valence-corrected chi connectivity index (χ3v) is 3.70. The fraction of sp³-hybridized carbons (Fsp3) is 0.312. The average Bonchev–Trinajstić information content (AvgIpc) is 2.49. The quantitative estimate of drug-likeness (QED) is 0.819. The zero-order valence-electron chi connectivity index (χ0n) is 11.3. The van der Waals surface area contributed by atoms with Crippen LogP contribution in [-0.4, -0.2) is 43.1 Å². The molecule has 0 N–H and O–H groups in total. The van der Waals surface area contributed by atoms with Crippen molar-refractivity contribution in [1.82, 2.24) is 9.88 Å². The van der Waals surface area contributed by atoms with E-state index < -0.39 is 0 Å². The minimum Gasteiger partial charge on any atom is -0.368 e. The molecule has 0 spiro atoms. The maximum Gasteiger partial charge on any atom is 0.0559 e. The lowest BCUT2D eigenvalue weighted by molar-refractivity contribution is 0.313. The summed E-state index contributed by atoms with van der Waals surface area (Å²) in [6.07, 6.45) is 3.91. The Labute approximate surface area is 114 Å². The molecule has 19 heavy (non-hydrogen) atoms. The van der Waals surface area contributed by atoms with Crippen molar-refractivity contribution in [3.63, 3.8) is 0 Å². The fourth-order valence-electron chi connectivity index (χ4n) is 2.45. The molecule has 1 aromatic heterocycles. The van der Waals surface area contributed by atoms with Crippen LogP contribution in [0.3, 0.4) is 0 Å². The summed E-state index contributed by atoms with van der Waals surface area (Å²) in [5.41, 5.74) is 3.65. The Bertz CT molecular complexity index is 531. The van der Waals surface area contributed by atoms with Crippen LogP contribution in [0.1, 0.15) is 0 Å². The highest BCUT2D eigenvalue weighted by Gasteiger charge is 2.14. The normalized spacial score (nSPS) is 16.6. The number of aromatic nitrogens is 1. The van der Waals surface area contributed by atoms with E-state index >= 15 is 0 Å². The van der Waals surface area contributed by atoms with Gasteiger partial charge < -0.3 is 9.80 Å². The first kappa shape index (κ1) is 12.2. The molecule has 1 aliphatic heterocycles. The second-order valence-corrected chi connectivity index (χ2v) is 5.09. The number of anilines is 1. The standard InChI is InChI=1S/C16H19N3/c1-18-7-9-19(10-8-18)16-11-15(12-17-13-16)14-5-3-2-4-6-14/h2-6,11-13H,7-10H2,1H3. The van der Waals surface area contributed by atoms with Gasteiger partial charge in [0, 0.05) is 37.9 Å². The average molecular weight is 253 g/mol. The molecule has 1 saturated heterocycles. The first-order valence-electron chi connectivity index (χ1n) is 6.77. The summed E-state index contributed by atoms with van der Waals surface area (Å²) in [5.74, 6) is 0. The van der Waals surface area contributed by atoms with Crippen molar-refractivity contribution in [2.75, 3.05) is 38.1 Å². The first-order valence-corrected chi connectivity index (χ1v) is 6.77. The van der Waals surface area contributed by atoms with Crippen LogP contribution in [0.25, 0.3) is 11.1 Å². The van der Waals surface area contributed by atoms with Crippen molar-refractivity contribution in [2.45, 2.75) is 0 Å². The zero-order chi connectivity index (χ0) is 13.1. The molecule has 0 aliphatic carbocycles. The van der Waals surface area contributed by atoms with Crippen LogP contribution in [0.15, 0.2) is 48.8 Å².